The van der Waals surface area contributed by atoms with Gasteiger partial charge in [0.05, 0.1) is 9.92 Å². The van der Waals surface area contributed by atoms with Gasteiger partial charge in [-0.25, -0.2) is 4.39 Å². The Hall–Kier alpha value is -0.903. The molecule has 0 saturated heterocycles. The van der Waals surface area contributed by atoms with Crippen LogP contribution in [0.15, 0.2) is 23.1 Å². The molecule has 0 aliphatic heterocycles. The maximum atomic E-state index is 14.0. The molecule has 1 aromatic rings. The fourth-order valence-electron chi connectivity index (χ4n) is 2.43. The molecule has 0 aliphatic carbocycles. The summed E-state index contributed by atoms with van der Waals surface area (Å²) in [5, 5.41) is -16.1. The molecule has 0 fully saturated rings. The predicted molar refractivity (Wildman–Crippen MR) is 95.7 cm³/mol. The van der Waals surface area contributed by atoms with Gasteiger partial charge in [-0.2, -0.15) is 87.8 Å². The molecule has 1 rings (SSSR count). The average Bonchev–Trinajstić information content (AvgIpc) is 2.80. The van der Waals surface area contributed by atoms with Crippen molar-refractivity contribution >= 4 is 34.4 Å². The van der Waals surface area contributed by atoms with Crippen LogP contribution in [-0.4, -0.2) is 66.7 Å². The first-order valence-corrected chi connectivity index (χ1v) is 11.4. The summed E-state index contributed by atoms with van der Waals surface area (Å²) in [6.45, 7) is 0. The van der Waals surface area contributed by atoms with Gasteiger partial charge in [0.2, 0.25) is 0 Å². The Labute approximate surface area is 246 Å². The Kier molecular flexibility index (Phi) is 11.5. The van der Waals surface area contributed by atoms with Gasteiger partial charge in [-0.15, -0.1) is 0 Å². The first-order valence-electron chi connectivity index (χ1n) is 9.10. The van der Waals surface area contributed by atoms with Crippen LogP contribution in [0.25, 0.3) is 0 Å². The topological polar surface area (TPSA) is 40.1 Å². The number of halogens is 22. The summed E-state index contributed by atoms with van der Waals surface area (Å²) >= 11 is -3.17. The van der Waals surface area contributed by atoms with Gasteiger partial charge in [0.1, 0.15) is 5.82 Å². The van der Waals surface area contributed by atoms with Gasteiger partial charge in [0.25, 0.3) is 0 Å². The first kappa shape index (κ1) is 42.1. The summed E-state index contributed by atoms with van der Waals surface area (Å²) in [7, 11) is 0. The van der Waals surface area contributed by atoms with Crippen molar-refractivity contribution in [2.45, 2.75) is 62.8 Å². The van der Waals surface area contributed by atoms with Crippen LogP contribution in [0.4, 0.5) is 92.2 Å². The van der Waals surface area contributed by atoms with Gasteiger partial charge < -0.3 is 4.55 Å². The van der Waals surface area contributed by atoms with E-state index in [0.29, 0.717) is 12.1 Å². The summed E-state index contributed by atoms with van der Waals surface area (Å²) in [6, 6.07) is 0.966. The molecule has 0 radical (unpaired) electrons. The second-order valence-corrected chi connectivity index (χ2v) is 10.0. The van der Waals surface area contributed by atoms with E-state index in [0.717, 1.165) is 0 Å². The Morgan fingerprint density at radius 1 is 0.581 bits per heavy atom. The molecule has 0 N–H and O–H groups in total. The molecular formula is C16H3ClF21LiO2S2. The van der Waals surface area contributed by atoms with Crippen molar-refractivity contribution in [2.24, 2.45) is 0 Å². The van der Waals surface area contributed by atoms with E-state index in [1.807, 2.05) is 0 Å². The largest absolute Gasteiger partial charge is 1.00 e. The third kappa shape index (κ3) is 5.69. The monoisotopic (exact) mass is 732 g/mol. The van der Waals surface area contributed by atoms with E-state index in [2.05, 4.69) is 0 Å². The molecule has 0 saturated carbocycles. The van der Waals surface area contributed by atoms with E-state index in [4.69, 9.17) is 11.6 Å². The van der Waals surface area contributed by atoms with Crippen molar-refractivity contribution in [1.82, 2.24) is 0 Å². The summed E-state index contributed by atoms with van der Waals surface area (Å²) in [5.74, 6) is -73.5. The molecule has 0 bridgehead atoms. The minimum absolute atomic E-state index is 0. The van der Waals surface area contributed by atoms with Crippen LogP contribution in [-0.2, 0) is 11.1 Å². The van der Waals surface area contributed by atoms with E-state index < -0.39 is 96.5 Å². The van der Waals surface area contributed by atoms with E-state index in [1.165, 1.54) is 0 Å². The van der Waals surface area contributed by atoms with Gasteiger partial charge in [-0.05, 0) is 23.9 Å². The number of alkyl halides is 20. The van der Waals surface area contributed by atoms with Gasteiger partial charge in [-0.3, -0.25) is 4.21 Å². The SMILES string of the molecule is O=S([O-])C(F)(F)C(F)(F)C(F)(F)C(F)(F)C(F)(F)C(F)(F)C(F)(F)C(F)(F)C(F)(F)C(F)(F)Sc1c(F)cccc1Cl.[Li+]. The standard InChI is InChI=1S/C16H4ClF21O2S2.Li/c17-4-2-1-3-5(18)6(4)41-15(35,36)13(31,32)11(27,28)9(23,24)7(19,20)8(21,22)10(25,26)12(29,30)14(33,34)16(37,38)42(39)40;/h1-3H,(H,39,40);/q;+1/p-1. The Morgan fingerprint density at radius 2 is 0.884 bits per heavy atom. The van der Waals surface area contributed by atoms with Gasteiger partial charge in [-0.1, -0.05) is 17.7 Å². The van der Waals surface area contributed by atoms with E-state index in [-0.39, 0.29) is 24.9 Å². The zero-order valence-corrected chi connectivity index (χ0v) is 21.6. The summed E-state index contributed by atoms with van der Waals surface area (Å²) in [5.41, 5.74) is 0. The second-order valence-electron chi connectivity index (χ2n) is 7.52. The fourth-order valence-corrected chi connectivity index (χ4v) is 3.89. The third-order valence-corrected chi connectivity index (χ3v) is 7.08. The normalized spacial score (nSPS) is 16.2. The van der Waals surface area contributed by atoms with Crippen molar-refractivity contribution in [3.8, 4) is 0 Å². The number of benzene rings is 1. The number of hydrogen-bond acceptors (Lipinski definition) is 3. The Bertz CT molecular complexity index is 1190. The molecular weight excluding hydrogens is 730 g/mol. The number of thioether (sulfide) groups is 1. The van der Waals surface area contributed by atoms with Crippen LogP contribution in [0.3, 0.4) is 0 Å². The van der Waals surface area contributed by atoms with Crippen LogP contribution >= 0.6 is 23.4 Å². The van der Waals surface area contributed by atoms with Crippen LogP contribution in [0.1, 0.15) is 0 Å². The molecule has 0 aliphatic rings. The van der Waals surface area contributed by atoms with Gasteiger partial charge in [0, 0.05) is 11.1 Å². The molecule has 27 heteroatoms. The first-order chi connectivity index (χ1) is 18.1. The minimum atomic E-state index is -9.30. The summed E-state index contributed by atoms with van der Waals surface area (Å²) in [6.07, 6.45) is 0. The van der Waals surface area contributed by atoms with Crippen molar-refractivity contribution in [2.75, 3.05) is 0 Å². The quantitative estimate of drug-likeness (QED) is 0.120. The van der Waals surface area contributed by atoms with E-state index in [1.54, 1.807) is 0 Å². The summed E-state index contributed by atoms with van der Waals surface area (Å²) < 4.78 is 306. The van der Waals surface area contributed by atoms with Crippen LogP contribution in [0, 0.1) is 5.82 Å². The smallest absolute Gasteiger partial charge is 0.768 e. The van der Waals surface area contributed by atoms with Gasteiger partial charge >= 0.3 is 76.7 Å². The molecule has 2 nitrogen and oxygen atoms in total. The van der Waals surface area contributed by atoms with Crippen LogP contribution < -0.4 is 18.9 Å². The third-order valence-electron chi connectivity index (χ3n) is 4.85. The van der Waals surface area contributed by atoms with Crippen LogP contribution in [0.5, 0.6) is 0 Å². The maximum absolute atomic E-state index is 14.0. The zero-order valence-electron chi connectivity index (χ0n) is 19.2. The number of rotatable bonds is 12. The zero-order chi connectivity index (χ0) is 34.1. The molecule has 43 heavy (non-hydrogen) atoms. The molecule has 246 valence electrons. The second kappa shape index (κ2) is 11.7. The van der Waals surface area contributed by atoms with Crippen LogP contribution in [0.2, 0.25) is 5.02 Å². The molecule has 0 amide bonds. The molecule has 0 spiro atoms. The Morgan fingerprint density at radius 3 is 1.19 bits per heavy atom. The maximum Gasteiger partial charge on any atom is 1.00 e. The molecule has 0 heterocycles. The molecule has 1 atom stereocenters. The average molecular weight is 733 g/mol. The number of hydrogen-bond donors (Lipinski definition) is 0. The van der Waals surface area contributed by atoms with Gasteiger partial charge in [0.15, 0.2) is 0 Å². The molecule has 1 aromatic carbocycles. The predicted octanol–water partition coefficient (Wildman–Crippen LogP) is 5.72. The van der Waals surface area contributed by atoms with E-state index >= 15 is 0 Å². The minimum Gasteiger partial charge on any atom is -0.768 e. The molecule has 0 aromatic heterocycles. The summed E-state index contributed by atoms with van der Waals surface area (Å²) in [4.78, 5) is -2.02. The fraction of sp³-hybridized carbons (Fsp3) is 0.625. The Balaban J connectivity index is 0.0000176. The van der Waals surface area contributed by atoms with Crippen molar-refractivity contribution in [3.05, 3.63) is 29.0 Å². The van der Waals surface area contributed by atoms with Crippen molar-refractivity contribution in [3.63, 3.8) is 0 Å². The molecule has 1 unspecified atom stereocenters. The van der Waals surface area contributed by atoms with Crippen molar-refractivity contribution < 1.29 is 120 Å². The van der Waals surface area contributed by atoms with E-state index in [9.17, 15) is 101 Å². The van der Waals surface area contributed by atoms with Crippen molar-refractivity contribution in [1.29, 1.82) is 0 Å².